The van der Waals surface area contributed by atoms with E-state index in [-0.39, 0.29) is 0 Å². The minimum absolute atomic E-state index is 0.449. The molecule has 78 valence electrons. The Bertz CT molecular complexity index is 520. The maximum atomic E-state index is 4.35. The van der Waals surface area contributed by atoms with Crippen LogP contribution in [0.4, 0.5) is 0 Å². The number of aromatic amines is 2. The number of hydrogen-bond donors (Lipinski definition) is 2. The van der Waals surface area contributed by atoms with E-state index in [0.717, 1.165) is 0 Å². The maximum absolute atomic E-state index is 4.35. The zero-order valence-electron chi connectivity index (χ0n) is 7.99. The summed E-state index contributed by atoms with van der Waals surface area (Å²) in [4.78, 5) is 4.35. The summed E-state index contributed by atoms with van der Waals surface area (Å²) in [6.07, 6.45) is 1.60. The SMILES string of the molecule is c1cc(-c2cn[nH]n2)nc(-c2nn[nH]n2)c1. The third kappa shape index (κ3) is 1.41. The van der Waals surface area contributed by atoms with Gasteiger partial charge < -0.3 is 0 Å². The van der Waals surface area contributed by atoms with E-state index in [9.17, 15) is 0 Å². The van der Waals surface area contributed by atoms with Crippen molar-refractivity contribution in [3.63, 3.8) is 0 Å². The Morgan fingerprint density at radius 3 is 2.62 bits per heavy atom. The summed E-state index contributed by atoms with van der Waals surface area (Å²) in [6, 6.07) is 5.48. The van der Waals surface area contributed by atoms with Crippen LogP contribution >= 0.6 is 0 Å². The Hall–Kier alpha value is -2.64. The van der Waals surface area contributed by atoms with Gasteiger partial charge in [0.25, 0.3) is 0 Å². The monoisotopic (exact) mass is 214 g/mol. The van der Waals surface area contributed by atoms with Crippen LogP contribution in [-0.4, -0.2) is 41.0 Å². The van der Waals surface area contributed by atoms with Crippen LogP contribution in [0, 0.1) is 0 Å². The second-order valence-electron chi connectivity index (χ2n) is 3.00. The highest BCUT2D eigenvalue weighted by atomic mass is 15.5. The van der Waals surface area contributed by atoms with Crippen molar-refractivity contribution >= 4 is 0 Å². The molecule has 0 radical (unpaired) electrons. The van der Waals surface area contributed by atoms with Crippen molar-refractivity contribution in [1.82, 2.24) is 41.0 Å². The van der Waals surface area contributed by atoms with Crippen LogP contribution in [-0.2, 0) is 0 Å². The summed E-state index contributed by atoms with van der Waals surface area (Å²) in [7, 11) is 0. The van der Waals surface area contributed by atoms with Crippen LogP contribution in [0.25, 0.3) is 22.9 Å². The van der Waals surface area contributed by atoms with Gasteiger partial charge in [0.05, 0.1) is 11.9 Å². The second kappa shape index (κ2) is 3.50. The number of tetrazole rings is 1. The Morgan fingerprint density at radius 2 is 1.88 bits per heavy atom. The zero-order chi connectivity index (χ0) is 10.8. The molecule has 0 aliphatic heterocycles. The van der Waals surface area contributed by atoms with Crippen LogP contribution in [0.15, 0.2) is 24.4 Å². The second-order valence-corrected chi connectivity index (χ2v) is 3.00. The summed E-state index contributed by atoms with van der Waals surface area (Å²) in [5, 5.41) is 23.8. The van der Waals surface area contributed by atoms with Crippen molar-refractivity contribution in [2.24, 2.45) is 0 Å². The van der Waals surface area contributed by atoms with Crippen LogP contribution in [0.3, 0.4) is 0 Å². The largest absolute Gasteiger partial charge is 0.243 e. The molecule has 3 heterocycles. The van der Waals surface area contributed by atoms with E-state index >= 15 is 0 Å². The first kappa shape index (κ1) is 8.65. The molecule has 3 aromatic heterocycles. The molecule has 0 spiro atoms. The van der Waals surface area contributed by atoms with E-state index < -0.39 is 0 Å². The van der Waals surface area contributed by atoms with Crippen molar-refractivity contribution in [3.05, 3.63) is 24.4 Å². The van der Waals surface area contributed by atoms with Gasteiger partial charge in [-0.05, 0) is 17.3 Å². The molecule has 0 amide bonds. The molecule has 0 bridgehead atoms. The molecule has 3 aromatic rings. The normalized spacial score (nSPS) is 10.5. The lowest BCUT2D eigenvalue weighted by atomic mass is 10.2. The van der Waals surface area contributed by atoms with E-state index in [0.29, 0.717) is 22.9 Å². The highest BCUT2D eigenvalue weighted by Gasteiger charge is 2.07. The van der Waals surface area contributed by atoms with Crippen LogP contribution < -0.4 is 0 Å². The molecule has 0 unspecified atom stereocenters. The molecular formula is C8H6N8. The fourth-order valence-electron chi connectivity index (χ4n) is 1.30. The van der Waals surface area contributed by atoms with E-state index in [2.05, 4.69) is 41.0 Å². The molecule has 0 atom stereocenters. The van der Waals surface area contributed by atoms with Crippen molar-refractivity contribution in [3.8, 4) is 22.9 Å². The molecule has 2 N–H and O–H groups in total. The molecule has 0 aromatic carbocycles. The van der Waals surface area contributed by atoms with Gasteiger partial charge in [-0.3, -0.25) is 0 Å². The van der Waals surface area contributed by atoms with Gasteiger partial charge in [0.2, 0.25) is 5.82 Å². The maximum Gasteiger partial charge on any atom is 0.222 e. The van der Waals surface area contributed by atoms with Gasteiger partial charge in [-0.1, -0.05) is 6.07 Å². The van der Waals surface area contributed by atoms with Crippen molar-refractivity contribution < 1.29 is 0 Å². The van der Waals surface area contributed by atoms with Gasteiger partial charge >= 0.3 is 0 Å². The molecule has 0 aliphatic carbocycles. The van der Waals surface area contributed by atoms with Gasteiger partial charge in [0.15, 0.2) is 0 Å². The zero-order valence-corrected chi connectivity index (χ0v) is 7.99. The predicted molar refractivity (Wildman–Crippen MR) is 52.8 cm³/mol. The first-order chi connectivity index (χ1) is 7.93. The molecule has 0 saturated heterocycles. The highest BCUT2D eigenvalue weighted by molar-refractivity contribution is 5.58. The third-order valence-electron chi connectivity index (χ3n) is 2.00. The van der Waals surface area contributed by atoms with Crippen LogP contribution in [0.5, 0.6) is 0 Å². The molecule has 3 rings (SSSR count). The molecule has 0 fully saturated rings. The van der Waals surface area contributed by atoms with Crippen molar-refractivity contribution in [2.75, 3.05) is 0 Å². The molecule has 0 saturated carbocycles. The number of hydrogen-bond acceptors (Lipinski definition) is 6. The number of nitrogens with one attached hydrogen (secondary N) is 2. The average molecular weight is 214 g/mol. The first-order valence-electron chi connectivity index (χ1n) is 4.50. The Labute approximate surface area is 89.1 Å². The Balaban J connectivity index is 2.07. The quantitative estimate of drug-likeness (QED) is 0.623. The smallest absolute Gasteiger partial charge is 0.222 e. The lowest BCUT2D eigenvalue weighted by molar-refractivity contribution is 0.881. The first-order valence-corrected chi connectivity index (χ1v) is 4.50. The number of H-pyrrole nitrogens is 2. The average Bonchev–Trinajstić information content (AvgIpc) is 3.03. The lowest BCUT2D eigenvalue weighted by Crippen LogP contribution is -1.89. The van der Waals surface area contributed by atoms with Gasteiger partial charge in [0, 0.05) is 0 Å². The van der Waals surface area contributed by atoms with Gasteiger partial charge in [-0.15, -0.1) is 10.2 Å². The summed E-state index contributed by atoms with van der Waals surface area (Å²) < 4.78 is 0. The molecular weight excluding hydrogens is 208 g/mol. The third-order valence-corrected chi connectivity index (χ3v) is 2.00. The fraction of sp³-hybridized carbons (Fsp3) is 0. The van der Waals surface area contributed by atoms with Crippen molar-refractivity contribution in [1.29, 1.82) is 0 Å². The highest BCUT2D eigenvalue weighted by Crippen LogP contribution is 2.16. The Kier molecular flexibility index (Phi) is 1.89. The van der Waals surface area contributed by atoms with E-state index in [1.165, 1.54) is 0 Å². The van der Waals surface area contributed by atoms with Crippen LogP contribution in [0.2, 0.25) is 0 Å². The molecule has 8 heteroatoms. The van der Waals surface area contributed by atoms with E-state index in [1.54, 1.807) is 12.3 Å². The number of pyridine rings is 1. The number of nitrogens with zero attached hydrogens (tertiary/aromatic N) is 6. The minimum Gasteiger partial charge on any atom is -0.243 e. The van der Waals surface area contributed by atoms with E-state index in [1.807, 2.05) is 12.1 Å². The molecule has 0 aliphatic rings. The molecule has 16 heavy (non-hydrogen) atoms. The van der Waals surface area contributed by atoms with Gasteiger partial charge in [0.1, 0.15) is 11.4 Å². The topological polar surface area (TPSA) is 109 Å². The summed E-state index contributed by atoms with van der Waals surface area (Å²) in [6.45, 7) is 0. The molecule has 8 nitrogen and oxygen atoms in total. The van der Waals surface area contributed by atoms with Crippen molar-refractivity contribution in [2.45, 2.75) is 0 Å². The lowest BCUT2D eigenvalue weighted by Gasteiger charge is -1.97. The van der Waals surface area contributed by atoms with E-state index in [4.69, 9.17) is 0 Å². The number of aromatic nitrogens is 8. The van der Waals surface area contributed by atoms with Gasteiger partial charge in [-0.25, -0.2) is 4.98 Å². The predicted octanol–water partition coefficient (Wildman–Crippen LogP) is 0.0468. The minimum atomic E-state index is 0.449. The Morgan fingerprint density at radius 1 is 0.938 bits per heavy atom. The fourth-order valence-corrected chi connectivity index (χ4v) is 1.30. The summed E-state index contributed by atoms with van der Waals surface area (Å²) >= 11 is 0. The number of rotatable bonds is 2. The van der Waals surface area contributed by atoms with Crippen LogP contribution in [0.1, 0.15) is 0 Å². The standard InChI is InChI=1S/C8H6N8/c1-2-5(7-4-9-14-11-7)10-6(3-1)8-12-15-16-13-8/h1-4H,(H,9,11,14)(H,12,13,15,16). The van der Waals surface area contributed by atoms with Gasteiger partial charge in [-0.2, -0.15) is 20.6 Å². The summed E-state index contributed by atoms with van der Waals surface area (Å²) in [5.41, 5.74) is 2.01. The summed E-state index contributed by atoms with van der Waals surface area (Å²) in [5.74, 6) is 0.449.